The Morgan fingerprint density at radius 3 is 2.71 bits per heavy atom. The third-order valence-electron chi connectivity index (χ3n) is 3.49. The van der Waals surface area contributed by atoms with Crippen LogP contribution in [-0.2, 0) is 6.54 Å². The lowest BCUT2D eigenvalue weighted by Crippen LogP contribution is -2.42. The minimum atomic E-state index is -0.206. The van der Waals surface area contributed by atoms with Crippen molar-refractivity contribution in [2.45, 2.75) is 26.0 Å². The Bertz CT molecular complexity index is 407. The van der Waals surface area contributed by atoms with Crippen molar-refractivity contribution in [3.8, 4) is 6.07 Å². The van der Waals surface area contributed by atoms with Crippen LogP contribution in [-0.4, -0.2) is 29.2 Å². The van der Waals surface area contributed by atoms with Crippen LogP contribution < -0.4 is 0 Å². The highest BCUT2D eigenvalue weighted by Gasteiger charge is 2.23. The fraction of sp³-hybridized carbons (Fsp3) is 0.500. The molecular formula is C14H18N2O. The van der Waals surface area contributed by atoms with Gasteiger partial charge < -0.3 is 5.11 Å². The van der Waals surface area contributed by atoms with Crippen LogP contribution in [0.1, 0.15) is 24.5 Å². The molecule has 2 atom stereocenters. The molecule has 1 aliphatic rings. The molecule has 1 aromatic carbocycles. The van der Waals surface area contributed by atoms with Crippen LogP contribution in [0.15, 0.2) is 24.3 Å². The molecular weight excluding hydrogens is 212 g/mol. The average Bonchev–Trinajstić information content (AvgIpc) is 2.35. The Balaban J connectivity index is 1.94. The molecule has 2 rings (SSSR count). The van der Waals surface area contributed by atoms with E-state index < -0.39 is 0 Å². The van der Waals surface area contributed by atoms with Gasteiger partial charge in [-0.3, -0.25) is 4.90 Å². The number of nitrogens with zero attached hydrogens (tertiary/aromatic N) is 2. The van der Waals surface area contributed by atoms with E-state index in [1.807, 2.05) is 24.3 Å². The van der Waals surface area contributed by atoms with Crippen molar-refractivity contribution >= 4 is 0 Å². The molecule has 0 aromatic heterocycles. The number of hydrogen-bond donors (Lipinski definition) is 1. The van der Waals surface area contributed by atoms with Crippen molar-refractivity contribution in [2.24, 2.45) is 5.92 Å². The van der Waals surface area contributed by atoms with Crippen LogP contribution in [0.5, 0.6) is 0 Å². The molecule has 90 valence electrons. The molecule has 0 amide bonds. The summed E-state index contributed by atoms with van der Waals surface area (Å²) in [6, 6.07) is 9.79. The predicted octanol–water partition coefficient (Wildman–Crippen LogP) is 1.76. The van der Waals surface area contributed by atoms with E-state index >= 15 is 0 Å². The lowest BCUT2D eigenvalue weighted by Gasteiger charge is -2.34. The highest BCUT2D eigenvalue weighted by molar-refractivity contribution is 5.31. The first-order chi connectivity index (χ1) is 8.19. The maximum absolute atomic E-state index is 9.82. The van der Waals surface area contributed by atoms with E-state index in [0.29, 0.717) is 11.5 Å². The van der Waals surface area contributed by atoms with Gasteiger partial charge in [0.2, 0.25) is 0 Å². The smallest absolute Gasteiger partial charge is 0.0991 e. The Hall–Kier alpha value is -1.37. The van der Waals surface area contributed by atoms with Gasteiger partial charge in [-0.25, -0.2) is 0 Å². The molecule has 0 radical (unpaired) electrons. The van der Waals surface area contributed by atoms with Gasteiger partial charge in [-0.05, 0) is 36.6 Å². The van der Waals surface area contributed by atoms with Gasteiger partial charge in [0.25, 0.3) is 0 Å². The number of benzene rings is 1. The first kappa shape index (κ1) is 12.1. The summed E-state index contributed by atoms with van der Waals surface area (Å²) in [5.74, 6) is 0.409. The van der Waals surface area contributed by atoms with Crippen LogP contribution in [0, 0.1) is 17.2 Å². The molecule has 3 nitrogen and oxygen atoms in total. The van der Waals surface area contributed by atoms with Crippen LogP contribution in [0.4, 0.5) is 0 Å². The average molecular weight is 230 g/mol. The quantitative estimate of drug-likeness (QED) is 0.842. The van der Waals surface area contributed by atoms with Crippen LogP contribution >= 0.6 is 0 Å². The summed E-state index contributed by atoms with van der Waals surface area (Å²) in [7, 11) is 0. The highest BCUT2D eigenvalue weighted by Crippen LogP contribution is 2.18. The summed E-state index contributed by atoms with van der Waals surface area (Å²) < 4.78 is 0. The molecule has 0 spiro atoms. The molecule has 0 aliphatic carbocycles. The number of aliphatic hydroxyl groups excluding tert-OH is 1. The van der Waals surface area contributed by atoms with Gasteiger partial charge in [0.15, 0.2) is 0 Å². The lowest BCUT2D eigenvalue weighted by atomic mass is 9.96. The Labute approximate surface area is 102 Å². The number of nitriles is 1. The van der Waals surface area contributed by atoms with Crippen molar-refractivity contribution in [3.63, 3.8) is 0 Å². The first-order valence-electron chi connectivity index (χ1n) is 6.08. The van der Waals surface area contributed by atoms with E-state index in [4.69, 9.17) is 5.26 Å². The van der Waals surface area contributed by atoms with Crippen LogP contribution in [0.2, 0.25) is 0 Å². The van der Waals surface area contributed by atoms with E-state index in [2.05, 4.69) is 17.9 Å². The normalized spacial score (nSPS) is 25.5. The second-order valence-corrected chi connectivity index (χ2v) is 4.88. The van der Waals surface area contributed by atoms with E-state index in [0.717, 1.165) is 26.1 Å². The number of hydrogen-bond acceptors (Lipinski definition) is 3. The van der Waals surface area contributed by atoms with Crippen LogP contribution in [0.3, 0.4) is 0 Å². The van der Waals surface area contributed by atoms with Gasteiger partial charge >= 0.3 is 0 Å². The van der Waals surface area contributed by atoms with Crippen molar-refractivity contribution in [1.29, 1.82) is 5.26 Å². The summed E-state index contributed by atoms with van der Waals surface area (Å²) in [5.41, 5.74) is 1.90. The van der Waals surface area contributed by atoms with Gasteiger partial charge in [-0.15, -0.1) is 0 Å². The Kier molecular flexibility index (Phi) is 3.78. The number of β-amino-alcohol motifs (C(OH)–C–C–N with tert-alkyl or cyclic N) is 1. The van der Waals surface area contributed by atoms with Crippen LogP contribution in [0.25, 0.3) is 0 Å². The molecule has 1 saturated heterocycles. The maximum atomic E-state index is 9.82. The number of likely N-dealkylation sites (tertiary alicyclic amines) is 1. The standard InChI is InChI=1S/C14H18N2O/c1-11-6-7-16(10-14(11)17)9-13-4-2-12(8-15)3-5-13/h2-5,11,14,17H,6-7,9-10H2,1H3. The minimum Gasteiger partial charge on any atom is -0.392 e. The summed E-state index contributed by atoms with van der Waals surface area (Å²) in [5, 5.41) is 18.5. The molecule has 1 N–H and O–H groups in total. The molecule has 0 saturated carbocycles. The zero-order valence-electron chi connectivity index (χ0n) is 10.1. The zero-order valence-corrected chi connectivity index (χ0v) is 10.1. The summed E-state index contributed by atoms with van der Waals surface area (Å²) >= 11 is 0. The van der Waals surface area contributed by atoms with E-state index in [1.54, 1.807) is 0 Å². The van der Waals surface area contributed by atoms with Crippen molar-refractivity contribution in [2.75, 3.05) is 13.1 Å². The molecule has 1 aliphatic heterocycles. The predicted molar refractivity (Wildman–Crippen MR) is 66.2 cm³/mol. The molecule has 1 heterocycles. The number of aliphatic hydroxyl groups is 1. The molecule has 3 heteroatoms. The number of piperidine rings is 1. The largest absolute Gasteiger partial charge is 0.392 e. The summed E-state index contributed by atoms with van der Waals surface area (Å²) in [4.78, 5) is 2.27. The van der Waals surface area contributed by atoms with Gasteiger partial charge in [0.05, 0.1) is 17.7 Å². The fourth-order valence-electron chi connectivity index (χ4n) is 2.20. The van der Waals surface area contributed by atoms with Gasteiger partial charge in [-0.1, -0.05) is 19.1 Å². The Morgan fingerprint density at radius 2 is 2.12 bits per heavy atom. The zero-order chi connectivity index (χ0) is 12.3. The maximum Gasteiger partial charge on any atom is 0.0991 e. The second-order valence-electron chi connectivity index (χ2n) is 4.88. The summed E-state index contributed by atoms with van der Waals surface area (Å²) in [6.07, 6.45) is 0.847. The first-order valence-corrected chi connectivity index (χ1v) is 6.08. The van der Waals surface area contributed by atoms with Gasteiger partial charge in [0, 0.05) is 13.1 Å². The Morgan fingerprint density at radius 1 is 1.41 bits per heavy atom. The molecule has 1 aromatic rings. The summed E-state index contributed by atoms with van der Waals surface area (Å²) in [6.45, 7) is 4.75. The molecule has 2 unspecified atom stereocenters. The molecule has 17 heavy (non-hydrogen) atoms. The monoisotopic (exact) mass is 230 g/mol. The van der Waals surface area contributed by atoms with E-state index in [-0.39, 0.29) is 6.10 Å². The third-order valence-corrected chi connectivity index (χ3v) is 3.49. The molecule has 1 fully saturated rings. The van der Waals surface area contributed by atoms with E-state index in [1.165, 1.54) is 5.56 Å². The third kappa shape index (κ3) is 3.06. The SMILES string of the molecule is CC1CCN(Cc2ccc(C#N)cc2)CC1O. The fourth-order valence-corrected chi connectivity index (χ4v) is 2.20. The van der Waals surface area contributed by atoms with Crippen molar-refractivity contribution in [1.82, 2.24) is 4.90 Å². The highest BCUT2D eigenvalue weighted by atomic mass is 16.3. The molecule has 0 bridgehead atoms. The van der Waals surface area contributed by atoms with Crippen molar-refractivity contribution < 1.29 is 5.11 Å². The number of rotatable bonds is 2. The van der Waals surface area contributed by atoms with Crippen molar-refractivity contribution in [3.05, 3.63) is 35.4 Å². The minimum absolute atomic E-state index is 0.206. The lowest BCUT2D eigenvalue weighted by molar-refractivity contribution is 0.0259. The van der Waals surface area contributed by atoms with E-state index in [9.17, 15) is 5.11 Å². The van der Waals surface area contributed by atoms with Gasteiger partial charge in [-0.2, -0.15) is 5.26 Å². The second kappa shape index (κ2) is 5.31. The topological polar surface area (TPSA) is 47.3 Å². The van der Waals surface area contributed by atoms with Gasteiger partial charge in [0.1, 0.15) is 0 Å².